The standard InChI is InChI=1S/C20H20N4O4S/c1-2-29-13-19(27)24(12-14-6-3-4-9-17(14)25)16-8-5-7-15(10-16)23-20(28)18(26)11-22-21/h3-11H,2,12-13H2,1H3,(H2-,23,25,26,28)/p+1/b18-11+. The lowest BCUT2D eigenvalue weighted by molar-refractivity contribution is -0.116. The molecule has 0 radical (unpaired) electrons. The van der Waals surface area contributed by atoms with E-state index in [1.165, 1.54) is 16.7 Å². The van der Waals surface area contributed by atoms with Gasteiger partial charge in [-0.25, -0.2) is 0 Å². The van der Waals surface area contributed by atoms with E-state index >= 15 is 0 Å². The molecule has 0 saturated heterocycles. The van der Waals surface area contributed by atoms with E-state index in [0.29, 0.717) is 23.1 Å². The van der Waals surface area contributed by atoms with Crippen LogP contribution in [0.1, 0.15) is 12.5 Å². The van der Waals surface area contributed by atoms with Crippen LogP contribution in [0.15, 0.2) is 60.5 Å². The Morgan fingerprint density at radius 1 is 1.24 bits per heavy atom. The van der Waals surface area contributed by atoms with E-state index in [2.05, 4.69) is 10.3 Å². The summed E-state index contributed by atoms with van der Waals surface area (Å²) in [6.07, 6.45) is 0.606. The van der Waals surface area contributed by atoms with Gasteiger partial charge in [-0.3, -0.25) is 9.59 Å². The zero-order valence-corrected chi connectivity index (χ0v) is 16.6. The number of aromatic hydroxyl groups is 1. The molecule has 150 valence electrons. The molecule has 0 unspecified atom stereocenters. The van der Waals surface area contributed by atoms with Crippen LogP contribution in [-0.4, -0.2) is 33.5 Å². The number of nitrogens with zero attached hydrogens (tertiary/aromatic N) is 3. The maximum atomic E-state index is 12.8. The zero-order valence-electron chi connectivity index (χ0n) is 15.8. The van der Waals surface area contributed by atoms with Crippen molar-refractivity contribution in [3.63, 3.8) is 0 Å². The molecule has 0 aliphatic rings. The zero-order chi connectivity index (χ0) is 21.2. The Morgan fingerprint density at radius 3 is 2.69 bits per heavy atom. The van der Waals surface area contributed by atoms with Crippen molar-refractivity contribution in [1.82, 2.24) is 0 Å². The number of carbonyl (C=O) groups is 2. The number of diazo groups is 1. The van der Waals surface area contributed by atoms with Crippen LogP contribution in [0.2, 0.25) is 0 Å². The van der Waals surface area contributed by atoms with Crippen LogP contribution in [0.4, 0.5) is 11.4 Å². The first-order valence-electron chi connectivity index (χ1n) is 8.76. The average molecular weight is 413 g/mol. The second kappa shape index (κ2) is 10.7. The number of hydrogen-bond donors (Lipinski definition) is 3. The number of phenolic OH excluding ortho intramolecular Hbond substituents is 1. The van der Waals surface area contributed by atoms with Crippen LogP contribution < -0.4 is 10.2 Å². The number of anilines is 2. The van der Waals surface area contributed by atoms with Crippen LogP contribution in [0.5, 0.6) is 5.75 Å². The second-order valence-electron chi connectivity index (χ2n) is 5.88. The third-order valence-electron chi connectivity index (χ3n) is 3.88. The van der Waals surface area contributed by atoms with E-state index < -0.39 is 11.7 Å². The van der Waals surface area contributed by atoms with Crippen molar-refractivity contribution in [3.05, 3.63) is 71.0 Å². The molecular formula is C20H21N4O4S+. The Bertz CT molecular complexity index is 955. The SMILES string of the molecule is CCSCC(=O)N(Cc1ccccc1O)c1cccc(NC(=O)/C(O)=C\[N+]#N)c1. The van der Waals surface area contributed by atoms with Crippen LogP contribution in [0, 0.1) is 5.39 Å². The monoisotopic (exact) mass is 413 g/mol. The topological polar surface area (TPSA) is 118 Å². The van der Waals surface area contributed by atoms with Crippen LogP contribution in [-0.2, 0) is 16.1 Å². The minimum absolute atomic E-state index is 0.0840. The summed E-state index contributed by atoms with van der Waals surface area (Å²) in [6.45, 7) is 2.11. The van der Waals surface area contributed by atoms with Crippen molar-refractivity contribution >= 4 is 35.0 Å². The first-order chi connectivity index (χ1) is 14.0. The molecule has 2 aromatic carbocycles. The smallest absolute Gasteiger partial charge is 0.397 e. The van der Waals surface area contributed by atoms with Crippen molar-refractivity contribution in [3.8, 4) is 5.75 Å². The summed E-state index contributed by atoms with van der Waals surface area (Å²) < 4.78 is 0. The third kappa shape index (κ3) is 6.26. The van der Waals surface area contributed by atoms with Crippen molar-refractivity contribution < 1.29 is 19.8 Å². The maximum absolute atomic E-state index is 12.8. The van der Waals surface area contributed by atoms with Gasteiger partial charge in [-0.15, -0.1) is 0 Å². The molecule has 0 bridgehead atoms. The lowest BCUT2D eigenvalue weighted by Crippen LogP contribution is -2.32. The number of amides is 2. The van der Waals surface area contributed by atoms with Crippen molar-refractivity contribution in [2.45, 2.75) is 13.5 Å². The maximum Gasteiger partial charge on any atom is 0.397 e. The molecule has 0 fully saturated rings. The van der Waals surface area contributed by atoms with Gasteiger partial charge in [0.1, 0.15) is 5.75 Å². The van der Waals surface area contributed by atoms with Gasteiger partial charge < -0.3 is 20.4 Å². The summed E-state index contributed by atoms with van der Waals surface area (Å²) in [4.78, 5) is 28.8. The van der Waals surface area contributed by atoms with E-state index in [9.17, 15) is 19.8 Å². The Kier molecular flexibility index (Phi) is 8.06. The molecule has 2 amide bonds. The van der Waals surface area contributed by atoms with Gasteiger partial charge in [0.05, 0.1) is 12.3 Å². The van der Waals surface area contributed by atoms with Crippen LogP contribution in [0.25, 0.3) is 4.98 Å². The van der Waals surface area contributed by atoms with E-state index in [1.54, 1.807) is 48.5 Å². The molecule has 0 saturated carbocycles. The minimum atomic E-state index is -0.861. The van der Waals surface area contributed by atoms with Crippen molar-refractivity contribution in [2.75, 3.05) is 21.7 Å². The number of aliphatic hydroxyl groups is 1. The van der Waals surface area contributed by atoms with Crippen molar-refractivity contribution in [2.24, 2.45) is 0 Å². The van der Waals surface area contributed by atoms with Gasteiger partial charge in [-0.1, -0.05) is 31.2 Å². The van der Waals surface area contributed by atoms with Crippen molar-refractivity contribution in [1.29, 1.82) is 5.39 Å². The molecule has 2 rings (SSSR count). The molecule has 0 aliphatic carbocycles. The quantitative estimate of drug-likeness (QED) is 0.343. The lowest BCUT2D eigenvalue weighted by Gasteiger charge is -2.24. The number of thioether (sulfide) groups is 1. The van der Waals surface area contributed by atoms with Gasteiger partial charge in [0.2, 0.25) is 11.3 Å². The van der Waals surface area contributed by atoms with E-state index in [-0.39, 0.29) is 24.0 Å². The molecule has 9 heteroatoms. The van der Waals surface area contributed by atoms with E-state index in [1.807, 2.05) is 6.92 Å². The summed E-state index contributed by atoms with van der Waals surface area (Å²) in [6, 6.07) is 13.3. The summed E-state index contributed by atoms with van der Waals surface area (Å²) in [7, 11) is 0. The third-order valence-corrected chi connectivity index (χ3v) is 4.74. The highest BCUT2D eigenvalue weighted by atomic mass is 32.2. The Morgan fingerprint density at radius 2 is 2.00 bits per heavy atom. The first-order valence-corrected chi connectivity index (χ1v) is 9.91. The Hall–Kier alpha value is -3.51. The van der Waals surface area contributed by atoms with Crippen LogP contribution in [0.3, 0.4) is 0 Å². The fraction of sp³-hybridized carbons (Fsp3) is 0.200. The van der Waals surface area contributed by atoms with E-state index in [4.69, 9.17) is 5.39 Å². The molecule has 0 atom stereocenters. The molecular weight excluding hydrogens is 392 g/mol. The fourth-order valence-electron chi connectivity index (χ4n) is 2.47. The number of benzene rings is 2. The molecule has 3 N–H and O–H groups in total. The van der Waals surface area contributed by atoms with Crippen LogP contribution >= 0.6 is 11.8 Å². The minimum Gasteiger partial charge on any atom is -0.508 e. The van der Waals surface area contributed by atoms with Gasteiger partial charge >= 0.3 is 6.20 Å². The Labute approximate surface area is 172 Å². The number of carbonyl (C=O) groups excluding carboxylic acids is 2. The van der Waals surface area contributed by atoms with Gasteiger partial charge in [0, 0.05) is 16.9 Å². The summed E-state index contributed by atoms with van der Waals surface area (Å²) in [5.74, 6) is -0.638. The highest BCUT2D eigenvalue weighted by molar-refractivity contribution is 7.99. The molecule has 2 aromatic rings. The molecule has 8 nitrogen and oxygen atoms in total. The van der Waals surface area contributed by atoms with Gasteiger partial charge in [0.25, 0.3) is 11.7 Å². The summed E-state index contributed by atoms with van der Waals surface area (Å²) >= 11 is 1.48. The highest BCUT2D eigenvalue weighted by Gasteiger charge is 2.19. The van der Waals surface area contributed by atoms with Gasteiger partial charge in [-0.2, -0.15) is 11.8 Å². The Balaban J connectivity index is 2.31. The number of phenols is 1. The lowest BCUT2D eigenvalue weighted by atomic mass is 10.1. The molecule has 0 aromatic heterocycles. The normalized spacial score (nSPS) is 10.8. The average Bonchev–Trinajstić information content (AvgIpc) is 2.71. The van der Waals surface area contributed by atoms with Gasteiger partial charge in [0.15, 0.2) is 4.98 Å². The highest BCUT2D eigenvalue weighted by Crippen LogP contribution is 2.26. The summed E-state index contributed by atoms with van der Waals surface area (Å²) in [5, 5.41) is 30.4. The van der Waals surface area contributed by atoms with Gasteiger partial charge in [-0.05, 0) is 30.0 Å². The number of para-hydroxylation sites is 1. The molecule has 0 spiro atoms. The summed E-state index contributed by atoms with van der Waals surface area (Å²) in [5.41, 5.74) is 1.44. The number of aliphatic hydroxyl groups excluding tert-OH is 1. The largest absolute Gasteiger partial charge is 0.508 e. The number of rotatable bonds is 8. The second-order valence-corrected chi connectivity index (χ2v) is 7.15. The predicted molar refractivity (Wildman–Crippen MR) is 113 cm³/mol. The van der Waals surface area contributed by atoms with E-state index in [0.717, 1.165) is 5.75 Å². The predicted octanol–water partition coefficient (Wildman–Crippen LogP) is 3.87. The first kappa shape index (κ1) is 21.8. The fourth-order valence-corrected chi connectivity index (χ4v) is 3.00. The molecule has 29 heavy (non-hydrogen) atoms. The number of nitrogens with one attached hydrogen (secondary N) is 1. The number of hydrogen-bond acceptors (Lipinski definition) is 6. The molecule has 0 heterocycles. The molecule has 0 aliphatic heterocycles.